The van der Waals surface area contributed by atoms with Gasteiger partial charge in [-0.25, -0.2) is 13.1 Å². The van der Waals surface area contributed by atoms with E-state index in [0.717, 1.165) is 5.69 Å². The van der Waals surface area contributed by atoms with Crippen molar-refractivity contribution in [1.29, 1.82) is 0 Å². The molecule has 156 valence electrons. The van der Waals surface area contributed by atoms with Gasteiger partial charge in [0.15, 0.2) is 0 Å². The fourth-order valence-electron chi connectivity index (χ4n) is 3.25. The fraction of sp³-hybridized carbons (Fsp3) is 0.238. The monoisotopic (exact) mass is 426 g/mol. The van der Waals surface area contributed by atoms with Gasteiger partial charge >= 0.3 is 0 Å². The van der Waals surface area contributed by atoms with Gasteiger partial charge in [0.2, 0.25) is 10.0 Å². The maximum atomic E-state index is 12.7. The molecule has 4 rings (SSSR count). The van der Waals surface area contributed by atoms with Crippen molar-refractivity contribution in [2.24, 2.45) is 4.99 Å². The maximum Gasteiger partial charge on any atom is 0.280 e. The molecule has 0 spiro atoms. The SMILES string of the molecule is Cc1[nH]n(-c2ccccc2)c(=O)c1C=Nc1ccc(S(=O)(=O)N2CCOCC2)cc1. The number of hydrogen-bond acceptors (Lipinski definition) is 5. The number of aromatic amines is 1. The van der Waals surface area contributed by atoms with Gasteiger partial charge in [0, 0.05) is 25.0 Å². The number of morpholine rings is 1. The van der Waals surface area contributed by atoms with E-state index < -0.39 is 10.0 Å². The summed E-state index contributed by atoms with van der Waals surface area (Å²) in [5, 5.41) is 3.05. The van der Waals surface area contributed by atoms with Gasteiger partial charge in [0.05, 0.1) is 35.0 Å². The van der Waals surface area contributed by atoms with E-state index in [1.165, 1.54) is 27.3 Å². The molecule has 0 atom stereocenters. The molecule has 8 nitrogen and oxygen atoms in total. The minimum Gasteiger partial charge on any atom is -0.379 e. The predicted octanol–water partition coefficient (Wildman–Crippen LogP) is 2.25. The number of para-hydroxylation sites is 1. The van der Waals surface area contributed by atoms with E-state index in [4.69, 9.17) is 4.74 Å². The third kappa shape index (κ3) is 4.00. The van der Waals surface area contributed by atoms with E-state index in [1.807, 2.05) is 30.3 Å². The average molecular weight is 426 g/mol. The summed E-state index contributed by atoms with van der Waals surface area (Å²) < 4.78 is 33.5. The summed E-state index contributed by atoms with van der Waals surface area (Å²) in [6.07, 6.45) is 1.50. The zero-order chi connectivity index (χ0) is 21.1. The molecule has 0 bridgehead atoms. The van der Waals surface area contributed by atoms with E-state index in [0.29, 0.717) is 43.2 Å². The number of benzene rings is 2. The summed E-state index contributed by atoms with van der Waals surface area (Å²) in [6, 6.07) is 15.6. The van der Waals surface area contributed by atoms with Gasteiger partial charge in [0.1, 0.15) is 0 Å². The van der Waals surface area contributed by atoms with Crippen LogP contribution in [0.3, 0.4) is 0 Å². The summed E-state index contributed by atoms with van der Waals surface area (Å²) in [5.74, 6) is 0. The molecule has 2 heterocycles. The van der Waals surface area contributed by atoms with Crippen LogP contribution in [0.4, 0.5) is 5.69 Å². The van der Waals surface area contributed by atoms with Crippen molar-refractivity contribution in [2.75, 3.05) is 26.3 Å². The highest BCUT2D eigenvalue weighted by atomic mass is 32.2. The first-order chi connectivity index (χ1) is 14.5. The lowest BCUT2D eigenvalue weighted by Crippen LogP contribution is -2.40. The Bertz CT molecular complexity index is 1210. The van der Waals surface area contributed by atoms with Crippen LogP contribution in [0.15, 0.2) is 69.3 Å². The quantitative estimate of drug-likeness (QED) is 0.633. The standard InChI is InChI=1S/C21H22N4O4S/c1-16-20(21(26)25(23-16)18-5-3-2-4-6-18)15-22-17-7-9-19(10-8-17)30(27,28)24-11-13-29-14-12-24/h2-10,15,23H,11-14H2,1H3. The molecule has 1 fully saturated rings. The van der Waals surface area contributed by atoms with Crippen molar-refractivity contribution in [3.05, 3.63) is 76.2 Å². The largest absolute Gasteiger partial charge is 0.379 e. The lowest BCUT2D eigenvalue weighted by molar-refractivity contribution is 0.0730. The Labute approximate surface area is 174 Å². The van der Waals surface area contributed by atoms with Crippen LogP contribution >= 0.6 is 0 Å². The maximum absolute atomic E-state index is 12.7. The molecule has 2 aromatic carbocycles. The minimum atomic E-state index is -3.54. The Morgan fingerprint density at radius 2 is 1.70 bits per heavy atom. The van der Waals surface area contributed by atoms with Crippen molar-refractivity contribution >= 4 is 21.9 Å². The second-order valence-electron chi connectivity index (χ2n) is 6.90. The zero-order valence-corrected chi connectivity index (χ0v) is 17.3. The number of aryl methyl sites for hydroxylation is 1. The van der Waals surface area contributed by atoms with Crippen LogP contribution in [0.2, 0.25) is 0 Å². The molecule has 1 aliphatic heterocycles. The summed E-state index contributed by atoms with van der Waals surface area (Å²) in [6.45, 7) is 3.31. The van der Waals surface area contributed by atoms with E-state index in [1.54, 1.807) is 19.1 Å². The summed E-state index contributed by atoms with van der Waals surface area (Å²) in [4.78, 5) is 17.3. The Morgan fingerprint density at radius 3 is 2.37 bits per heavy atom. The first kappa shape index (κ1) is 20.3. The Balaban J connectivity index is 1.56. The lowest BCUT2D eigenvalue weighted by Gasteiger charge is -2.26. The third-order valence-electron chi connectivity index (χ3n) is 4.92. The van der Waals surface area contributed by atoms with E-state index in [-0.39, 0.29) is 10.5 Å². The molecule has 0 saturated carbocycles. The predicted molar refractivity (Wildman–Crippen MR) is 114 cm³/mol. The molecule has 3 aromatic rings. The Morgan fingerprint density at radius 1 is 1.03 bits per heavy atom. The molecule has 1 aromatic heterocycles. The molecule has 0 amide bonds. The van der Waals surface area contributed by atoms with Gasteiger partial charge in [-0.3, -0.25) is 14.9 Å². The molecule has 0 aliphatic carbocycles. The number of aromatic nitrogens is 2. The lowest BCUT2D eigenvalue weighted by atomic mass is 10.2. The number of H-pyrrole nitrogens is 1. The number of aliphatic imine (C=N–C) groups is 1. The number of nitrogens with zero attached hydrogens (tertiary/aromatic N) is 3. The molecule has 9 heteroatoms. The normalized spacial score (nSPS) is 15.6. The second-order valence-corrected chi connectivity index (χ2v) is 8.83. The average Bonchev–Trinajstić information content (AvgIpc) is 3.07. The van der Waals surface area contributed by atoms with Gasteiger partial charge in [-0.15, -0.1) is 0 Å². The zero-order valence-electron chi connectivity index (χ0n) is 16.5. The van der Waals surface area contributed by atoms with Crippen LogP contribution in [0, 0.1) is 6.92 Å². The summed E-state index contributed by atoms with van der Waals surface area (Å²) in [5.41, 5.74) is 2.24. The number of hydrogen-bond donors (Lipinski definition) is 1. The third-order valence-corrected chi connectivity index (χ3v) is 6.83. The first-order valence-corrected chi connectivity index (χ1v) is 11.0. The Kier molecular flexibility index (Phi) is 5.67. The minimum absolute atomic E-state index is 0.200. The van der Waals surface area contributed by atoms with Crippen LogP contribution in [0.25, 0.3) is 5.69 Å². The van der Waals surface area contributed by atoms with Gasteiger partial charge in [-0.2, -0.15) is 4.31 Å². The molecule has 1 saturated heterocycles. The molecule has 1 aliphatic rings. The molecule has 0 radical (unpaired) electrons. The van der Waals surface area contributed by atoms with Crippen molar-refractivity contribution in [3.8, 4) is 5.69 Å². The van der Waals surface area contributed by atoms with Crippen molar-refractivity contribution in [1.82, 2.24) is 14.1 Å². The van der Waals surface area contributed by atoms with E-state index in [2.05, 4.69) is 10.1 Å². The fourth-order valence-corrected chi connectivity index (χ4v) is 4.66. The Hall–Kier alpha value is -3.01. The van der Waals surface area contributed by atoms with Gasteiger partial charge in [0.25, 0.3) is 5.56 Å². The second kappa shape index (κ2) is 8.39. The summed E-state index contributed by atoms with van der Waals surface area (Å²) >= 11 is 0. The molecule has 30 heavy (non-hydrogen) atoms. The van der Waals surface area contributed by atoms with Gasteiger partial charge in [-0.05, 0) is 43.3 Å². The highest BCUT2D eigenvalue weighted by Crippen LogP contribution is 2.21. The van der Waals surface area contributed by atoms with Crippen LogP contribution in [0.1, 0.15) is 11.3 Å². The van der Waals surface area contributed by atoms with Gasteiger partial charge < -0.3 is 4.74 Å². The smallest absolute Gasteiger partial charge is 0.280 e. The van der Waals surface area contributed by atoms with E-state index >= 15 is 0 Å². The number of sulfonamides is 1. The van der Waals surface area contributed by atoms with E-state index in [9.17, 15) is 13.2 Å². The van der Waals surface area contributed by atoms with Crippen molar-refractivity contribution in [2.45, 2.75) is 11.8 Å². The molecular formula is C21H22N4O4S. The topological polar surface area (TPSA) is 96.8 Å². The van der Waals surface area contributed by atoms with Crippen LogP contribution < -0.4 is 5.56 Å². The van der Waals surface area contributed by atoms with Crippen molar-refractivity contribution < 1.29 is 13.2 Å². The number of nitrogens with one attached hydrogen (secondary N) is 1. The highest BCUT2D eigenvalue weighted by Gasteiger charge is 2.26. The summed E-state index contributed by atoms with van der Waals surface area (Å²) in [7, 11) is -3.54. The van der Waals surface area contributed by atoms with Crippen LogP contribution in [-0.2, 0) is 14.8 Å². The molecule has 0 unspecified atom stereocenters. The van der Waals surface area contributed by atoms with Crippen molar-refractivity contribution in [3.63, 3.8) is 0 Å². The van der Waals surface area contributed by atoms with Crippen LogP contribution in [0.5, 0.6) is 0 Å². The highest BCUT2D eigenvalue weighted by molar-refractivity contribution is 7.89. The van der Waals surface area contributed by atoms with Crippen LogP contribution in [-0.4, -0.2) is 55.0 Å². The first-order valence-electron chi connectivity index (χ1n) is 9.56. The molecule has 1 N–H and O–H groups in total. The van der Waals surface area contributed by atoms with Gasteiger partial charge in [-0.1, -0.05) is 18.2 Å². The number of ether oxygens (including phenoxy) is 1. The number of rotatable bonds is 5. The molecular weight excluding hydrogens is 404 g/mol.